The van der Waals surface area contributed by atoms with Gasteiger partial charge >= 0.3 is 6.18 Å². The lowest BCUT2D eigenvalue weighted by atomic mass is 9.89. The van der Waals surface area contributed by atoms with E-state index in [1.54, 1.807) is 18.2 Å². The number of alkyl halides is 3. The van der Waals surface area contributed by atoms with Crippen molar-refractivity contribution in [1.82, 2.24) is 4.98 Å². The fourth-order valence-electron chi connectivity index (χ4n) is 4.64. The molecule has 29 heavy (non-hydrogen) atoms. The van der Waals surface area contributed by atoms with E-state index in [-0.39, 0.29) is 16.8 Å². The Hall–Kier alpha value is -2.09. The van der Waals surface area contributed by atoms with Gasteiger partial charge in [-0.15, -0.1) is 11.3 Å². The van der Waals surface area contributed by atoms with E-state index in [1.165, 1.54) is 25.7 Å². The number of thiazole rings is 1. The summed E-state index contributed by atoms with van der Waals surface area (Å²) in [6.07, 6.45) is 4.01. The molecule has 4 nitrogen and oxygen atoms in total. The molecule has 1 aromatic carbocycles. The molecule has 0 bridgehead atoms. The van der Waals surface area contributed by atoms with Crippen molar-refractivity contribution in [2.45, 2.75) is 51.1 Å². The standard InChI is InChI=1S/C21H23F3N2O2S/c22-21(23,24)18(27)11-19-26-16-8-7-15(10-17(16)29-19)25-20(28)14-6-5-13(9-14)12-3-1-2-4-12/h7-8,10-14,27H,1-6,9H2,(H,25,28). The number of halogens is 3. The molecule has 2 unspecified atom stereocenters. The molecule has 0 radical (unpaired) electrons. The van der Waals surface area contributed by atoms with Gasteiger partial charge in [0.1, 0.15) is 5.01 Å². The highest BCUT2D eigenvalue weighted by atomic mass is 32.1. The van der Waals surface area contributed by atoms with Crippen LogP contribution in [0.1, 0.15) is 50.0 Å². The summed E-state index contributed by atoms with van der Waals surface area (Å²) in [5.41, 5.74) is 1.14. The molecule has 1 heterocycles. The lowest BCUT2D eigenvalue weighted by Crippen LogP contribution is -2.21. The maximum absolute atomic E-state index is 12.7. The Morgan fingerprint density at radius 1 is 1.17 bits per heavy atom. The van der Waals surface area contributed by atoms with Crippen LogP contribution in [-0.4, -0.2) is 22.2 Å². The number of nitrogens with one attached hydrogen (secondary N) is 1. The van der Waals surface area contributed by atoms with Crippen molar-refractivity contribution in [3.05, 3.63) is 29.0 Å². The molecule has 156 valence electrons. The Morgan fingerprint density at radius 2 is 1.93 bits per heavy atom. The first-order chi connectivity index (χ1) is 13.8. The van der Waals surface area contributed by atoms with Gasteiger partial charge in [-0.05, 0) is 49.3 Å². The van der Waals surface area contributed by atoms with Crippen LogP contribution < -0.4 is 5.32 Å². The molecule has 1 amide bonds. The van der Waals surface area contributed by atoms with Gasteiger partial charge in [-0.1, -0.05) is 25.7 Å². The molecule has 2 aromatic rings. The first-order valence-electron chi connectivity index (χ1n) is 9.99. The first kappa shape index (κ1) is 20.2. The molecule has 0 spiro atoms. The Morgan fingerprint density at radius 3 is 2.66 bits per heavy atom. The molecule has 4 rings (SSSR count). The number of aliphatic hydroxyl groups is 1. The number of amides is 1. The lowest BCUT2D eigenvalue weighted by Gasteiger charge is -2.18. The molecule has 2 saturated carbocycles. The number of rotatable bonds is 4. The van der Waals surface area contributed by atoms with Crippen LogP contribution >= 0.6 is 11.3 Å². The average molecular weight is 424 g/mol. The normalized spacial score (nSPS) is 23.8. The minimum absolute atomic E-state index is 0.0178. The predicted molar refractivity (Wildman–Crippen MR) is 108 cm³/mol. The highest BCUT2D eigenvalue weighted by Crippen LogP contribution is 2.43. The van der Waals surface area contributed by atoms with Crippen molar-refractivity contribution in [2.24, 2.45) is 17.8 Å². The molecule has 2 aliphatic rings. The number of aromatic nitrogens is 1. The van der Waals surface area contributed by atoms with Crippen LogP contribution in [0.25, 0.3) is 16.3 Å². The van der Waals surface area contributed by atoms with Gasteiger partial charge in [0.05, 0.1) is 10.2 Å². The Bertz CT molecular complexity index is 932. The summed E-state index contributed by atoms with van der Waals surface area (Å²) in [6, 6.07) is 5.09. The third-order valence-electron chi connectivity index (χ3n) is 6.13. The van der Waals surface area contributed by atoms with Crippen LogP contribution in [0.4, 0.5) is 18.9 Å². The first-order valence-corrected chi connectivity index (χ1v) is 10.8. The summed E-state index contributed by atoms with van der Waals surface area (Å²) in [5.74, 6) is -0.193. The van der Waals surface area contributed by atoms with Gasteiger partial charge in [-0.3, -0.25) is 4.79 Å². The van der Waals surface area contributed by atoms with E-state index in [0.717, 1.165) is 36.5 Å². The minimum Gasteiger partial charge on any atom is -0.504 e. The second-order valence-corrected chi connectivity index (χ2v) is 9.13. The SMILES string of the molecule is O=C(Nc1ccc2nc(C=C(O)C(F)(F)F)sc2c1)C1CCC(C2CCCC2)C1. The van der Waals surface area contributed by atoms with Crippen molar-refractivity contribution in [3.63, 3.8) is 0 Å². The average Bonchev–Trinajstić information content (AvgIpc) is 3.40. The number of aliphatic hydroxyl groups excluding tert-OH is 1. The Labute approximate surface area is 170 Å². The van der Waals surface area contributed by atoms with Crippen molar-refractivity contribution in [2.75, 3.05) is 5.32 Å². The zero-order valence-corrected chi connectivity index (χ0v) is 16.7. The predicted octanol–water partition coefficient (Wildman–Crippen LogP) is 6.30. The maximum Gasteiger partial charge on any atom is 0.448 e. The number of anilines is 1. The molecule has 8 heteroatoms. The van der Waals surface area contributed by atoms with Gasteiger partial charge in [0.15, 0.2) is 0 Å². The maximum atomic E-state index is 12.7. The lowest BCUT2D eigenvalue weighted by molar-refractivity contribution is -0.120. The largest absolute Gasteiger partial charge is 0.504 e. The van der Waals surface area contributed by atoms with E-state index >= 15 is 0 Å². The molecular weight excluding hydrogens is 401 g/mol. The Balaban J connectivity index is 1.42. The quantitative estimate of drug-likeness (QED) is 0.566. The number of carbonyl (C=O) groups excluding carboxylic acids is 1. The summed E-state index contributed by atoms with van der Waals surface area (Å²) in [5, 5.41) is 12.1. The third kappa shape index (κ3) is 4.57. The smallest absolute Gasteiger partial charge is 0.448 e. The fourth-order valence-corrected chi connectivity index (χ4v) is 5.58. The number of allylic oxidation sites excluding steroid dienone is 1. The van der Waals surface area contributed by atoms with E-state index < -0.39 is 11.9 Å². The summed E-state index contributed by atoms with van der Waals surface area (Å²) in [7, 11) is 0. The minimum atomic E-state index is -4.80. The number of hydrogen-bond donors (Lipinski definition) is 2. The van der Waals surface area contributed by atoms with Gasteiger partial charge in [0.25, 0.3) is 0 Å². The van der Waals surface area contributed by atoms with Gasteiger partial charge in [-0.25, -0.2) is 4.98 Å². The summed E-state index contributed by atoms with van der Waals surface area (Å²) >= 11 is 1.03. The van der Waals surface area contributed by atoms with Gasteiger partial charge in [-0.2, -0.15) is 13.2 Å². The number of benzene rings is 1. The van der Waals surface area contributed by atoms with Crippen molar-refractivity contribution in [3.8, 4) is 0 Å². The van der Waals surface area contributed by atoms with Crippen LogP contribution in [0.5, 0.6) is 0 Å². The zero-order chi connectivity index (χ0) is 20.6. The molecule has 1 aromatic heterocycles. The molecule has 2 fully saturated rings. The zero-order valence-electron chi connectivity index (χ0n) is 15.8. The van der Waals surface area contributed by atoms with Crippen LogP contribution in [-0.2, 0) is 4.79 Å². The fraction of sp³-hybridized carbons (Fsp3) is 0.524. The van der Waals surface area contributed by atoms with Crippen molar-refractivity contribution >= 4 is 39.2 Å². The van der Waals surface area contributed by atoms with E-state index in [0.29, 0.717) is 27.9 Å². The third-order valence-corrected chi connectivity index (χ3v) is 7.10. The van der Waals surface area contributed by atoms with E-state index in [1.807, 2.05) is 0 Å². The van der Waals surface area contributed by atoms with Crippen molar-refractivity contribution < 1.29 is 23.1 Å². The molecule has 2 atom stereocenters. The molecule has 0 aliphatic heterocycles. The van der Waals surface area contributed by atoms with Crippen LogP contribution in [0.2, 0.25) is 0 Å². The number of nitrogens with zero attached hydrogens (tertiary/aromatic N) is 1. The topological polar surface area (TPSA) is 62.2 Å². The highest BCUT2D eigenvalue weighted by Gasteiger charge is 2.35. The summed E-state index contributed by atoms with van der Waals surface area (Å²) < 4.78 is 38.1. The van der Waals surface area contributed by atoms with Crippen LogP contribution in [0.3, 0.4) is 0 Å². The second kappa shape index (κ2) is 7.97. The molecule has 2 N–H and O–H groups in total. The number of fused-ring (bicyclic) bond motifs is 1. The van der Waals surface area contributed by atoms with Crippen LogP contribution in [0, 0.1) is 17.8 Å². The summed E-state index contributed by atoms with van der Waals surface area (Å²) in [6.45, 7) is 0. The van der Waals surface area contributed by atoms with Gasteiger partial charge in [0.2, 0.25) is 11.7 Å². The number of carbonyl (C=O) groups is 1. The van der Waals surface area contributed by atoms with Gasteiger partial charge < -0.3 is 10.4 Å². The van der Waals surface area contributed by atoms with E-state index in [9.17, 15) is 18.0 Å². The number of hydrogen-bond acceptors (Lipinski definition) is 4. The molecule has 0 saturated heterocycles. The highest BCUT2D eigenvalue weighted by molar-refractivity contribution is 7.19. The monoisotopic (exact) mass is 424 g/mol. The van der Waals surface area contributed by atoms with Crippen LogP contribution in [0.15, 0.2) is 24.0 Å². The molecule has 2 aliphatic carbocycles. The van der Waals surface area contributed by atoms with Crippen molar-refractivity contribution in [1.29, 1.82) is 0 Å². The molecular formula is C21H23F3N2O2S. The van der Waals surface area contributed by atoms with E-state index in [2.05, 4.69) is 10.3 Å². The van der Waals surface area contributed by atoms with E-state index in [4.69, 9.17) is 5.11 Å². The second-order valence-electron chi connectivity index (χ2n) is 8.07. The van der Waals surface area contributed by atoms with Gasteiger partial charge in [0, 0.05) is 17.7 Å². The summed E-state index contributed by atoms with van der Waals surface area (Å²) in [4.78, 5) is 16.8. The Kier molecular flexibility index (Phi) is 5.55.